The zero-order chi connectivity index (χ0) is 26.2. The summed E-state index contributed by atoms with van der Waals surface area (Å²) in [5.41, 5.74) is 6.11. The fourth-order valence-electron chi connectivity index (χ4n) is 4.42. The number of benzene rings is 1. The van der Waals surface area contributed by atoms with E-state index in [1.165, 1.54) is 0 Å². The highest BCUT2D eigenvalue weighted by Gasteiger charge is 2.21. The lowest BCUT2D eigenvalue weighted by Crippen LogP contribution is -2.26. The Balaban J connectivity index is 1.56. The van der Waals surface area contributed by atoms with E-state index in [9.17, 15) is 5.11 Å². The third-order valence-electron chi connectivity index (χ3n) is 6.21. The normalized spacial score (nSPS) is 10.8. The van der Waals surface area contributed by atoms with Gasteiger partial charge in [-0.15, -0.1) is 0 Å². The van der Waals surface area contributed by atoms with E-state index in [-0.39, 0.29) is 5.75 Å². The van der Waals surface area contributed by atoms with Gasteiger partial charge >= 0.3 is 0 Å². The molecular weight excluding hydrogens is 472 g/mol. The lowest BCUT2D eigenvalue weighted by molar-refractivity contribution is 0.470. The van der Waals surface area contributed by atoms with Crippen molar-refractivity contribution in [1.29, 1.82) is 0 Å². The number of aryl methyl sites for hydroxylation is 1. The van der Waals surface area contributed by atoms with Gasteiger partial charge in [0.05, 0.1) is 60.3 Å². The molecule has 0 atom stereocenters. The first-order chi connectivity index (χ1) is 18.7. The molecule has 7 heteroatoms. The molecule has 0 aliphatic heterocycles. The van der Waals surface area contributed by atoms with Gasteiger partial charge in [0, 0.05) is 24.8 Å². The number of phenolic OH excluding ortho intramolecular Hbond substituents is 1. The molecule has 0 amide bonds. The van der Waals surface area contributed by atoms with Gasteiger partial charge in [-0.3, -0.25) is 19.9 Å². The molecule has 0 saturated carbocycles. The summed E-state index contributed by atoms with van der Waals surface area (Å²) < 4.78 is 0. The van der Waals surface area contributed by atoms with E-state index in [4.69, 9.17) is 0 Å². The number of phenols is 1. The van der Waals surface area contributed by atoms with Gasteiger partial charge in [-0.1, -0.05) is 24.3 Å². The first-order valence-corrected chi connectivity index (χ1v) is 12.6. The van der Waals surface area contributed by atoms with Gasteiger partial charge in [0.1, 0.15) is 0 Å². The molecular formula is C31H30N6O. The minimum absolute atomic E-state index is 0.203. The molecule has 0 saturated heterocycles. The predicted molar refractivity (Wildman–Crippen MR) is 150 cm³/mol. The Bertz CT molecular complexity index is 1240. The van der Waals surface area contributed by atoms with Gasteiger partial charge in [-0.05, 0) is 73.2 Å². The molecule has 0 aliphatic carbocycles. The first kappa shape index (κ1) is 24.9. The summed E-state index contributed by atoms with van der Waals surface area (Å²) in [5.74, 6) is 0.203. The van der Waals surface area contributed by atoms with Crippen LogP contribution in [0.4, 0.5) is 11.4 Å². The van der Waals surface area contributed by atoms with E-state index in [0.717, 1.165) is 39.7 Å². The Kier molecular flexibility index (Phi) is 7.84. The van der Waals surface area contributed by atoms with E-state index in [1.807, 2.05) is 91.9 Å². The van der Waals surface area contributed by atoms with Crippen LogP contribution >= 0.6 is 0 Å². The van der Waals surface area contributed by atoms with Crippen LogP contribution in [0.3, 0.4) is 0 Å². The third kappa shape index (κ3) is 6.31. The largest absolute Gasteiger partial charge is 0.504 e. The number of hydrogen-bond acceptors (Lipinski definition) is 7. The van der Waals surface area contributed by atoms with Crippen LogP contribution in [0, 0.1) is 6.92 Å². The number of rotatable bonds is 10. The smallest absolute Gasteiger partial charge is 0.162 e. The van der Waals surface area contributed by atoms with Crippen molar-refractivity contribution in [2.24, 2.45) is 0 Å². The van der Waals surface area contributed by atoms with Crippen LogP contribution in [0.15, 0.2) is 110 Å². The summed E-state index contributed by atoms with van der Waals surface area (Å²) in [6.45, 7) is 4.14. The number of hydrogen-bond donors (Lipinski definition) is 1. The SMILES string of the molecule is Cc1cc(N(Cc2ccccn2)Cc2ccccn2)c(O)c(N(Cc2ccccn2)Cc2ccccn2)c1. The average Bonchev–Trinajstić information content (AvgIpc) is 2.96. The Morgan fingerprint density at radius 3 is 1.11 bits per heavy atom. The standard InChI is InChI=1S/C31H30N6O/c1-24-18-29(36(20-25-10-2-6-14-32-25)21-26-11-3-7-15-33-26)31(38)30(19-24)37(22-27-12-4-8-16-34-27)23-28-13-5-9-17-35-28/h2-19,38H,20-23H2,1H3. The van der Waals surface area contributed by atoms with Crippen molar-refractivity contribution >= 4 is 11.4 Å². The summed E-state index contributed by atoms with van der Waals surface area (Å²) in [6.07, 6.45) is 7.16. The predicted octanol–water partition coefficient (Wildman–Crippen LogP) is 5.69. The van der Waals surface area contributed by atoms with E-state index < -0.39 is 0 Å². The number of pyridine rings is 4. The molecule has 1 aromatic carbocycles. The molecule has 5 aromatic rings. The molecule has 4 heterocycles. The van der Waals surface area contributed by atoms with Crippen LogP contribution in [0.2, 0.25) is 0 Å². The number of nitrogens with zero attached hydrogens (tertiary/aromatic N) is 6. The van der Waals surface area contributed by atoms with E-state index >= 15 is 0 Å². The van der Waals surface area contributed by atoms with Crippen molar-refractivity contribution < 1.29 is 5.11 Å². The zero-order valence-electron chi connectivity index (χ0n) is 21.4. The number of aromatic hydroxyl groups is 1. The van der Waals surface area contributed by atoms with Crippen LogP contribution in [0.25, 0.3) is 0 Å². The van der Waals surface area contributed by atoms with Crippen molar-refractivity contribution in [3.63, 3.8) is 0 Å². The summed E-state index contributed by atoms with van der Waals surface area (Å²) in [5, 5.41) is 11.8. The van der Waals surface area contributed by atoms with E-state index in [2.05, 4.69) is 29.7 Å². The summed E-state index contributed by atoms with van der Waals surface area (Å²) >= 11 is 0. The van der Waals surface area contributed by atoms with Gasteiger partial charge in [0.25, 0.3) is 0 Å². The molecule has 1 N–H and O–H groups in total. The zero-order valence-corrected chi connectivity index (χ0v) is 21.4. The van der Waals surface area contributed by atoms with Crippen LogP contribution in [-0.4, -0.2) is 25.0 Å². The molecule has 7 nitrogen and oxygen atoms in total. The molecule has 0 fully saturated rings. The molecule has 38 heavy (non-hydrogen) atoms. The maximum absolute atomic E-state index is 11.8. The highest BCUT2D eigenvalue weighted by molar-refractivity contribution is 5.74. The van der Waals surface area contributed by atoms with Gasteiger partial charge in [0.15, 0.2) is 5.75 Å². The third-order valence-corrected chi connectivity index (χ3v) is 6.21. The van der Waals surface area contributed by atoms with Crippen molar-refractivity contribution in [1.82, 2.24) is 19.9 Å². The van der Waals surface area contributed by atoms with Gasteiger partial charge < -0.3 is 14.9 Å². The lowest BCUT2D eigenvalue weighted by Gasteiger charge is -2.30. The highest BCUT2D eigenvalue weighted by Crippen LogP contribution is 2.40. The number of anilines is 2. The fraction of sp³-hybridized carbons (Fsp3) is 0.161. The fourth-order valence-corrected chi connectivity index (χ4v) is 4.42. The van der Waals surface area contributed by atoms with Crippen molar-refractivity contribution in [3.05, 3.63) is 138 Å². The van der Waals surface area contributed by atoms with Gasteiger partial charge in [0.2, 0.25) is 0 Å². The Morgan fingerprint density at radius 1 is 0.526 bits per heavy atom. The molecule has 0 unspecified atom stereocenters. The lowest BCUT2D eigenvalue weighted by atomic mass is 10.1. The highest BCUT2D eigenvalue weighted by atomic mass is 16.3. The maximum atomic E-state index is 11.8. The number of aromatic nitrogens is 4. The Labute approximate surface area is 223 Å². The van der Waals surface area contributed by atoms with Crippen LogP contribution in [-0.2, 0) is 26.2 Å². The summed E-state index contributed by atoms with van der Waals surface area (Å²) in [7, 11) is 0. The maximum Gasteiger partial charge on any atom is 0.162 e. The van der Waals surface area contributed by atoms with Gasteiger partial charge in [-0.25, -0.2) is 0 Å². The molecule has 0 spiro atoms. The van der Waals surface area contributed by atoms with E-state index in [1.54, 1.807) is 24.8 Å². The summed E-state index contributed by atoms with van der Waals surface area (Å²) in [4.78, 5) is 22.4. The quantitative estimate of drug-likeness (QED) is 0.263. The van der Waals surface area contributed by atoms with E-state index in [0.29, 0.717) is 26.2 Å². The Hall–Kier alpha value is -4.78. The van der Waals surface area contributed by atoms with Crippen molar-refractivity contribution in [3.8, 4) is 5.75 Å². The minimum Gasteiger partial charge on any atom is -0.504 e. The molecule has 0 aliphatic rings. The second-order valence-corrected chi connectivity index (χ2v) is 9.15. The monoisotopic (exact) mass is 502 g/mol. The Morgan fingerprint density at radius 2 is 0.842 bits per heavy atom. The molecule has 190 valence electrons. The second kappa shape index (κ2) is 12.0. The van der Waals surface area contributed by atoms with Crippen LogP contribution in [0.1, 0.15) is 28.3 Å². The molecule has 0 radical (unpaired) electrons. The van der Waals surface area contributed by atoms with Gasteiger partial charge in [-0.2, -0.15) is 0 Å². The van der Waals surface area contributed by atoms with Crippen LogP contribution < -0.4 is 9.80 Å². The van der Waals surface area contributed by atoms with Crippen molar-refractivity contribution in [2.75, 3.05) is 9.80 Å². The van der Waals surface area contributed by atoms with Crippen molar-refractivity contribution in [2.45, 2.75) is 33.1 Å². The molecule has 0 bridgehead atoms. The molecule has 4 aromatic heterocycles. The second-order valence-electron chi connectivity index (χ2n) is 9.15. The topological polar surface area (TPSA) is 78.3 Å². The molecule has 5 rings (SSSR count). The first-order valence-electron chi connectivity index (χ1n) is 12.6. The summed E-state index contributed by atoms with van der Waals surface area (Å²) in [6, 6.07) is 27.5. The minimum atomic E-state index is 0.203. The average molecular weight is 503 g/mol. The van der Waals surface area contributed by atoms with Crippen LogP contribution in [0.5, 0.6) is 5.75 Å².